The molecule has 36 heavy (non-hydrogen) atoms. The number of carbonyl (C=O) groups excluding carboxylic acids is 1. The first-order valence-corrected chi connectivity index (χ1v) is 13.0. The second kappa shape index (κ2) is 11.1. The first kappa shape index (κ1) is 25.6. The number of anilines is 2. The highest BCUT2D eigenvalue weighted by Gasteiger charge is 2.36. The van der Waals surface area contributed by atoms with Crippen molar-refractivity contribution in [1.82, 2.24) is 14.8 Å². The zero-order valence-corrected chi connectivity index (χ0v) is 22.5. The minimum atomic E-state index is -0.565. The van der Waals surface area contributed by atoms with E-state index < -0.39 is 6.04 Å². The van der Waals surface area contributed by atoms with E-state index in [1.54, 1.807) is 30.7 Å². The monoisotopic (exact) mass is 507 g/mol. The van der Waals surface area contributed by atoms with Gasteiger partial charge in [-0.2, -0.15) is 4.98 Å². The van der Waals surface area contributed by atoms with Gasteiger partial charge in [-0.3, -0.25) is 4.79 Å². The molecule has 190 valence electrons. The van der Waals surface area contributed by atoms with Crippen LogP contribution in [-0.2, 0) is 4.79 Å². The molecular weight excluding hydrogens is 474 g/mol. The molecule has 0 saturated heterocycles. The summed E-state index contributed by atoms with van der Waals surface area (Å²) in [5.41, 5.74) is 4.91. The molecule has 1 aliphatic rings. The lowest BCUT2D eigenvalue weighted by molar-refractivity contribution is -0.113. The van der Waals surface area contributed by atoms with Crippen LogP contribution < -0.4 is 20.1 Å². The van der Waals surface area contributed by atoms with Crippen LogP contribution in [0.4, 0.5) is 11.6 Å². The predicted molar refractivity (Wildman–Crippen MR) is 144 cm³/mol. The van der Waals surface area contributed by atoms with Crippen LogP contribution in [0.1, 0.15) is 49.4 Å². The van der Waals surface area contributed by atoms with Gasteiger partial charge in [-0.15, -0.1) is 5.10 Å². The molecule has 2 aromatic carbocycles. The Morgan fingerprint density at radius 2 is 1.97 bits per heavy atom. The van der Waals surface area contributed by atoms with E-state index in [2.05, 4.69) is 17.6 Å². The molecule has 9 heteroatoms. The average Bonchev–Trinajstić information content (AvgIpc) is 3.27. The summed E-state index contributed by atoms with van der Waals surface area (Å²) in [5, 5.41) is 11.9. The fourth-order valence-electron chi connectivity index (χ4n) is 4.21. The second-order valence-electron chi connectivity index (χ2n) is 8.74. The van der Waals surface area contributed by atoms with Gasteiger partial charge < -0.3 is 20.1 Å². The van der Waals surface area contributed by atoms with Gasteiger partial charge in [0.05, 0.1) is 19.8 Å². The number of nitrogens with one attached hydrogen (secondary N) is 2. The van der Waals surface area contributed by atoms with E-state index in [4.69, 9.17) is 19.6 Å². The zero-order chi connectivity index (χ0) is 25.8. The molecule has 4 rings (SSSR count). The lowest BCUT2D eigenvalue weighted by Gasteiger charge is -2.30. The van der Waals surface area contributed by atoms with E-state index in [0.717, 1.165) is 41.0 Å². The molecule has 3 aromatic rings. The van der Waals surface area contributed by atoms with E-state index in [-0.39, 0.29) is 5.91 Å². The normalized spacial score (nSPS) is 14.8. The lowest BCUT2D eigenvalue weighted by atomic mass is 9.93. The van der Waals surface area contributed by atoms with Crippen LogP contribution in [0, 0.1) is 13.8 Å². The third-order valence-electron chi connectivity index (χ3n) is 6.39. The van der Waals surface area contributed by atoms with Crippen molar-refractivity contribution in [3.8, 4) is 11.5 Å². The summed E-state index contributed by atoms with van der Waals surface area (Å²) in [7, 11) is 3.24. The number of fused-ring (bicyclic) bond motifs is 1. The van der Waals surface area contributed by atoms with Crippen LogP contribution >= 0.6 is 11.8 Å². The number of aromatic nitrogens is 3. The van der Waals surface area contributed by atoms with Crippen molar-refractivity contribution in [2.24, 2.45) is 0 Å². The molecule has 0 bridgehead atoms. The highest BCUT2D eigenvalue weighted by Crippen LogP contribution is 2.41. The lowest BCUT2D eigenvalue weighted by Crippen LogP contribution is -2.32. The van der Waals surface area contributed by atoms with Gasteiger partial charge in [0.15, 0.2) is 0 Å². The fourth-order valence-corrected chi connectivity index (χ4v) is 5.12. The van der Waals surface area contributed by atoms with E-state index in [9.17, 15) is 4.79 Å². The minimum Gasteiger partial charge on any atom is -0.497 e. The number of allylic oxidation sites excluding steroid dienone is 1. The molecule has 0 radical (unpaired) electrons. The predicted octanol–water partition coefficient (Wildman–Crippen LogP) is 5.73. The number of benzene rings is 2. The zero-order valence-electron chi connectivity index (χ0n) is 21.6. The van der Waals surface area contributed by atoms with Gasteiger partial charge >= 0.3 is 0 Å². The number of hydrogen-bond acceptors (Lipinski definition) is 7. The van der Waals surface area contributed by atoms with Crippen molar-refractivity contribution in [2.45, 2.75) is 51.7 Å². The van der Waals surface area contributed by atoms with Crippen molar-refractivity contribution in [3.05, 3.63) is 64.4 Å². The number of aryl methyl sites for hydroxylation is 1. The molecule has 2 heterocycles. The molecule has 0 saturated carbocycles. The van der Waals surface area contributed by atoms with Crippen molar-refractivity contribution < 1.29 is 14.3 Å². The van der Waals surface area contributed by atoms with Gasteiger partial charge in [-0.25, -0.2) is 4.68 Å². The summed E-state index contributed by atoms with van der Waals surface area (Å²) in [6.45, 7) is 8.08. The molecule has 0 aliphatic carbocycles. The molecule has 1 aromatic heterocycles. The van der Waals surface area contributed by atoms with Gasteiger partial charge in [-0.05, 0) is 62.6 Å². The average molecular weight is 508 g/mol. The van der Waals surface area contributed by atoms with Crippen LogP contribution in [0.5, 0.6) is 11.5 Å². The topological polar surface area (TPSA) is 90.3 Å². The van der Waals surface area contributed by atoms with Gasteiger partial charge in [0.1, 0.15) is 17.5 Å². The Kier molecular flexibility index (Phi) is 7.88. The number of nitrogens with zero attached hydrogens (tertiary/aromatic N) is 3. The number of ether oxygens (including phenoxy) is 2. The summed E-state index contributed by atoms with van der Waals surface area (Å²) in [6.07, 6.45) is 2.18. The van der Waals surface area contributed by atoms with E-state index in [1.807, 2.05) is 57.2 Å². The van der Waals surface area contributed by atoms with Crippen molar-refractivity contribution in [3.63, 3.8) is 0 Å². The maximum Gasteiger partial charge on any atom is 0.255 e. The van der Waals surface area contributed by atoms with Gasteiger partial charge in [-0.1, -0.05) is 37.2 Å². The summed E-state index contributed by atoms with van der Waals surface area (Å²) in [4.78, 5) is 18.6. The molecule has 1 aliphatic heterocycles. The van der Waals surface area contributed by atoms with Crippen LogP contribution in [0.3, 0.4) is 0 Å². The summed E-state index contributed by atoms with van der Waals surface area (Å²) >= 11 is 1.61. The van der Waals surface area contributed by atoms with Crippen molar-refractivity contribution in [1.29, 1.82) is 0 Å². The molecule has 8 nitrogen and oxygen atoms in total. The number of carbonyl (C=O) groups is 1. The third-order valence-corrected chi connectivity index (χ3v) is 7.32. The maximum absolute atomic E-state index is 13.9. The Labute approximate surface area is 216 Å². The van der Waals surface area contributed by atoms with E-state index in [1.165, 1.54) is 0 Å². The van der Waals surface area contributed by atoms with Crippen LogP contribution in [-0.4, -0.2) is 40.6 Å². The summed E-state index contributed by atoms with van der Waals surface area (Å²) in [6, 6.07) is 10.9. The SMILES string of the molecule is CCCCSc1nc2n(n1)C(c1cc(OC)ccc1OC)C(C(=O)Nc1cccc(C)c1C)=C(C)N2. The molecule has 0 fully saturated rings. The van der Waals surface area contributed by atoms with Crippen LogP contribution in [0.25, 0.3) is 0 Å². The molecule has 1 unspecified atom stereocenters. The summed E-state index contributed by atoms with van der Waals surface area (Å²) in [5.74, 6) is 2.60. The number of hydrogen-bond donors (Lipinski definition) is 2. The highest BCUT2D eigenvalue weighted by molar-refractivity contribution is 7.99. The number of thioether (sulfide) groups is 1. The number of rotatable bonds is 9. The standard InChI is InChI=1S/C27H33N5O3S/c1-7-8-14-36-27-30-26-28-18(4)23(25(33)29-21-11-9-10-16(2)17(21)3)24(32(26)31-27)20-15-19(34-5)12-13-22(20)35-6/h9-13,15,24H,7-8,14H2,1-6H3,(H,29,33)(H,28,30,31). The van der Waals surface area contributed by atoms with Gasteiger partial charge in [0.25, 0.3) is 5.91 Å². The quantitative estimate of drug-likeness (QED) is 0.282. The Hall–Kier alpha value is -3.46. The highest BCUT2D eigenvalue weighted by atomic mass is 32.2. The Morgan fingerprint density at radius 3 is 2.69 bits per heavy atom. The maximum atomic E-state index is 13.9. The smallest absolute Gasteiger partial charge is 0.255 e. The Morgan fingerprint density at radius 1 is 1.17 bits per heavy atom. The Bertz CT molecular complexity index is 1300. The molecule has 1 amide bonds. The molecule has 1 atom stereocenters. The second-order valence-corrected chi connectivity index (χ2v) is 9.80. The van der Waals surface area contributed by atoms with Gasteiger partial charge in [0, 0.05) is 22.7 Å². The molecule has 0 spiro atoms. The number of methoxy groups -OCH3 is 2. The van der Waals surface area contributed by atoms with E-state index >= 15 is 0 Å². The van der Waals surface area contributed by atoms with Crippen molar-refractivity contribution in [2.75, 3.05) is 30.6 Å². The molecule has 2 N–H and O–H groups in total. The fraction of sp³-hybridized carbons (Fsp3) is 0.370. The first-order valence-electron chi connectivity index (χ1n) is 12.0. The molecular formula is C27H33N5O3S. The number of unbranched alkanes of at least 4 members (excludes halogenated alkanes) is 1. The van der Waals surface area contributed by atoms with Crippen LogP contribution in [0.2, 0.25) is 0 Å². The summed E-state index contributed by atoms with van der Waals surface area (Å²) < 4.78 is 13.0. The first-order chi connectivity index (χ1) is 17.4. The van der Waals surface area contributed by atoms with Crippen LogP contribution in [0.15, 0.2) is 52.8 Å². The van der Waals surface area contributed by atoms with E-state index in [0.29, 0.717) is 33.9 Å². The van der Waals surface area contributed by atoms with Crippen molar-refractivity contribution >= 4 is 29.3 Å². The number of amides is 1. The Balaban J connectivity index is 1.82. The minimum absolute atomic E-state index is 0.218. The van der Waals surface area contributed by atoms with Gasteiger partial charge in [0.2, 0.25) is 11.1 Å². The third kappa shape index (κ3) is 5.06. The largest absolute Gasteiger partial charge is 0.497 e.